The Bertz CT molecular complexity index is 623. The van der Waals surface area contributed by atoms with Crippen molar-refractivity contribution in [1.29, 1.82) is 0 Å². The van der Waals surface area contributed by atoms with Gasteiger partial charge in [0.2, 0.25) is 0 Å². The van der Waals surface area contributed by atoms with Crippen LogP contribution in [0.2, 0.25) is 0 Å². The Morgan fingerprint density at radius 2 is 2.05 bits per heavy atom. The summed E-state index contributed by atoms with van der Waals surface area (Å²) in [6, 6.07) is 9.86. The van der Waals surface area contributed by atoms with Crippen LogP contribution >= 0.6 is 0 Å². The smallest absolute Gasteiger partial charge is 0.324 e. The third kappa shape index (κ3) is 2.44. The van der Waals surface area contributed by atoms with E-state index in [4.69, 9.17) is 4.74 Å². The van der Waals surface area contributed by atoms with Crippen LogP contribution in [0.3, 0.4) is 0 Å². The number of aromatic nitrogens is 1. The zero-order valence-corrected chi connectivity index (χ0v) is 11.5. The molecule has 0 spiro atoms. The van der Waals surface area contributed by atoms with E-state index in [9.17, 15) is 4.79 Å². The largest absolute Gasteiger partial charge is 0.378 e. The van der Waals surface area contributed by atoms with Crippen molar-refractivity contribution >= 4 is 22.6 Å². The van der Waals surface area contributed by atoms with E-state index in [1.807, 2.05) is 30.3 Å². The molecule has 0 atom stereocenters. The van der Waals surface area contributed by atoms with Crippen molar-refractivity contribution in [1.82, 2.24) is 9.88 Å². The van der Waals surface area contributed by atoms with E-state index in [0.29, 0.717) is 26.3 Å². The number of hydrogen-bond acceptors (Lipinski definition) is 3. The van der Waals surface area contributed by atoms with Crippen LogP contribution in [-0.4, -0.2) is 49.3 Å². The van der Waals surface area contributed by atoms with E-state index >= 15 is 0 Å². The van der Waals surface area contributed by atoms with Gasteiger partial charge >= 0.3 is 6.03 Å². The van der Waals surface area contributed by atoms with E-state index in [0.717, 1.165) is 16.6 Å². The van der Waals surface area contributed by atoms with Gasteiger partial charge < -0.3 is 9.64 Å². The first-order chi connectivity index (χ1) is 9.75. The maximum atomic E-state index is 12.4. The second kappa shape index (κ2) is 5.46. The molecule has 2 aromatic rings. The molecular formula is C15H17N3O2. The lowest BCUT2D eigenvalue weighted by Crippen LogP contribution is -2.47. The lowest BCUT2D eigenvalue weighted by molar-refractivity contribution is 0.0551. The monoisotopic (exact) mass is 271 g/mol. The summed E-state index contributed by atoms with van der Waals surface area (Å²) >= 11 is 0. The van der Waals surface area contributed by atoms with E-state index in [1.165, 1.54) is 0 Å². The van der Waals surface area contributed by atoms with E-state index in [2.05, 4.69) is 4.98 Å². The summed E-state index contributed by atoms with van der Waals surface area (Å²) in [6.07, 6.45) is 1.74. The molecule has 0 N–H and O–H groups in total. The van der Waals surface area contributed by atoms with Gasteiger partial charge in [0, 0.05) is 25.5 Å². The van der Waals surface area contributed by atoms with Gasteiger partial charge in [-0.2, -0.15) is 0 Å². The van der Waals surface area contributed by atoms with Crippen molar-refractivity contribution in [3.05, 3.63) is 36.5 Å². The molecule has 0 aliphatic carbocycles. The number of carbonyl (C=O) groups excluding carboxylic acids is 1. The van der Waals surface area contributed by atoms with Gasteiger partial charge in [0.25, 0.3) is 0 Å². The van der Waals surface area contributed by atoms with Gasteiger partial charge in [-0.3, -0.25) is 9.88 Å². The predicted molar refractivity (Wildman–Crippen MR) is 77.9 cm³/mol. The molecule has 5 nitrogen and oxygen atoms in total. The van der Waals surface area contributed by atoms with Gasteiger partial charge in [-0.15, -0.1) is 0 Å². The molecule has 20 heavy (non-hydrogen) atoms. The zero-order valence-electron chi connectivity index (χ0n) is 11.5. The van der Waals surface area contributed by atoms with Crippen molar-refractivity contribution in [3.8, 4) is 0 Å². The lowest BCUT2D eigenvalue weighted by Gasteiger charge is -2.30. The van der Waals surface area contributed by atoms with Crippen molar-refractivity contribution in [2.24, 2.45) is 0 Å². The summed E-state index contributed by atoms with van der Waals surface area (Å²) in [5.74, 6) is 0. The highest BCUT2D eigenvalue weighted by Gasteiger charge is 2.21. The SMILES string of the molecule is CN(C(=O)N1CCOCC1)c1cnc2ccccc2c1. The molecule has 1 aromatic carbocycles. The molecule has 2 heterocycles. The highest BCUT2D eigenvalue weighted by Crippen LogP contribution is 2.20. The number of ether oxygens (including phenoxy) is 1. The second-order valence-corrected chi connectivity index (χ2v) is 4.83. The molecule has 104 valence electrons. The number of rotatable bonds is 1. The molecule has 1 saturated heterocycles. The molecule has 0 saturated carbocycles. The van der Waals surface area contributed by atoms with Crippen LogP contribution in [0.1, 0.15) is 0 Å². The van der Waals surface area contributed by atoms with Crippen LogP contribution in [-0.2, 0) is 4.74 Å². The maximum absolute atomic E-state index is 12.4. The number of benzene rings is 1. The Morgan fingerprint density at radius 3 is 2.85 bits per heavy atom. The summed E-state index contributed by atoms with van der Waals surface area (Å²) in [4.78, 5) is 20.2. The van der Waals surface area contributed by atoms with E-state index < -0.39 is 0 Å². The number of pyridine rings is 1. The van der Waals surface area contributed by atoms with Crippen LogP contribution in [0.15, 0.2) is 36.5 Å². The van der Waals surface area contributed by atoms with Crippen molar-refractivity contribution < 1.29 is 9.53 Å². The molecule has 3 rings (SSSR count). The summed E-state index contributed by atoms with van der Waals surface area (Å²) in [5.41, 5.74) is 1.74. The summed E-state index contributed by atoms with van der Waals surface area (Å²) in [7, 11) is 1.78. The molecule has 1 aliphatic heterocycles. The van der Waals surface area contributed by atoms with Crippen molar-refractivity contribution in [3.63, 3.8) is 0 Å². The maximum Gasteiger partial charge on any atom is 0.324 e. The zero-order chi connectivity index (χ0) is 13.9. The molecule has 1 aromatic heterocycles. The molecule has 0 bridgehead atoms. The minimum absolute atomic E-state index is 0.00891. The number of carbonyl (C=O) groups is 1. The number of amides is 2. The molecular weight excluding hydrogens is 254 g/mol. The van der Waals surface area contributed by atoms with E-state index in [1.54, 1.807) is 23.0 Å². The molecule has 2 amide bonds. The Labute approximate surface area is 117 Å². The van der Waals surface area contributed by atoms with Gasteiger partial charge in [0.1, 0.15) is 0 Å². The fraction of sp³-hybridized carbons (Fsp3) is 0.333. The van der Waals surface area contributed by atoms with E-state index in [-0.39, 0.29) is 6.03 Å². The molecule has 5 heteroatoms. The highest BCUT2D eigenvalue weighted by molar-refractivity contribution is 5.93. The topological polar surface area (TPSA) is 45.7 Å². The lowest BCUT2D eigenvalue weighted by atomic mass is 10.2. The Balaban J connectivity index is 1.83. The molecule has 1 fully saturated rings. The van der Waals surface area contributed by atoms with Crippen LogP contribution < -0.4 is 4.90 Å². The quantitative estimate of drug-likeness (QED) is 0.798. The van der Waals surface area contributed by atoms with Crippen LogP contribution in [0.5, 0.6) is 0 Å². The summed E-state index contributed by atoms with van der Waals surface area (Å²) in [5, 5.41) is 1.03. The number of nitrogens with zero attached hydrogens (tertiary/aromatic N) is 3. The van der Waals surface area contributed by atoms with Crippen LogP contribution in [0, 0.1) is 0 Å². The number of hydrogen-bond donors (Lipinski definition) is 0. The molecule has 0 unspecified atom stereocenters. The number of fused-ring (bicyclic) bond motifs is 1. The normalized spacial score (nSPS) is 15.3. The number of anilines is 1. The van der Waals surface area contributed by atoms with Gasteiger partial charge in [0.15, 0.2) is 0 Å². The fourth-order valence-electron chi connectivity index (χ4n) is 2.32. The molecule has 1 aliphatic rings. The highest BCUT2D eigenvalue weighted by atomic mass is 16.5. The van der Waals surface area contributed by atoms with Gasteiger partial charge in [-0.25, -0.2) is 4.79 Å². The number of morpholine rings is 1. The first kappa shape index (κ1) is 12.9. The van der Waals surface area contributed by atoms with Crippen molar-refractivity contribution in [2.45, 2.75) is 0 Å². The second-order valence-electron chi connectivity index (χ2n) is 4.83. The van der Waals surface area contributed by atoms with Gasteiger partial charge in [-0.1, -0.05) is 18.2 Å². The van der Waals surface area contributed by atoms with Crippen LogP contribution in [0.4, 0.5) is 10.5 Å². The minimum Gasteiger partial charge on any atom is -0.378 e. The predicted octanol–water partition coefficient (Wildman–Crippen LogP) is 2.12. The Morgan fingerprint density at radius 1 is 1.30 bits per heavy atom. The third-order valence-corrected chi connectivity index (χ3v) is 3.53. The Kier molecular flexibility index (Phi) is 3.52. The number of urea groups is 1. The first-order valence-corrected chi connectivity index (χ1v) is 6.71. The standard InChI is InChI=1S/C15H17N3O2/c1-17(15(19)18-6-8-20-9-7-18)13-10-12-4-2-3-5-14(12)16-11-13/h2-5,10-11H,6-9H2,1H3. The van der Waals surface area contributed by atoms with Crippen LogP contribution in [0.25, 0.3) is 10.9 Å². The third-order valence-electron chi connectivity index (χ3n) is 3.53. The Hall–Kier alpha value is -2.14. The summed E-state index contributed by atoms with van der Waals surface area (Å²) in [6.45, 7) is 2.50. The van der Waals surface area contributed by atoms with Gasteiger partial charge in [-0.05, 0) is 12.1 Å². The van der Waals surface area contributed by atoms with Gasteiger partial charge in [0.05, 0.1) is 30.6 Å². The average Bonchev–Trinajstić information content (AvgIpc) is 2.54. The number of para-hydroxylation sites is 1. The van der Waals surface area contributed by atoms with Crippen molar-refractivity contribution in [2.75, 3.05) is 38.3 Å². The fourth-order valence-corrected chi connectivity index (χ4v) is 2.32. The summed E-state index contributed by atoms with van der Waals surface area (Å²) < 4.78 is 5.27. The molecule has 0 radical (unpaired) electrons. The first-order valence-electron chi connectivity index (χ1n) is 6.71. The average molecular weight is 271 g/mol. The minimum atomic E-state index is -0.00891.